The number of amides is 1. The molecular weight excluding hydrogens is 456 g/mol. The van der Waals surface area contributed by atoms with Crippen LogP contribution in [-0.2, 0) is 21.2 Å². The highest BCUT2D eigenvalue weighted by molar-refractivity contribution is 7.92. The number of fused-ring (bicyclic) bond motifs is 1. The summed E-state index contributed by atoms with van der Waals surface area (Å²) in [5.41, 5.74) is 1.40. The molecule has 4 aromatic rings. The van der Waals surface area contributed by atoms with Gasteiger partial charge in [-0.3, -0.25) is 14.3 Å². The zero-order chi connectivity index (χ0) is 24.3. The molecule has 0 aliphatic rings. The van der Waals surface area contributed by atoms with E-state index in [9.17, 15) is 18.0 Å². The van der Waals surface area contributed by atoms with E-state index >= 15 is 0 Å². The van der Waals surface area contributed by atoms with E-state index in [1.807, 2.05) is 0 Å². The number of rotatable bonds is 7. The van der Waals surface area contributed by atoms with E-state index in [0.717, 1.165) is 0 Å². The number of hydrogen-bond acceptors (Lipinski definition) is 6. The fourth-order valence-corrected chi connectivity index (χ4v) is 4.58. The number of para-hydroxylation sites is 2. The summed E-state index contributed by atoms with van der Waals surface area (Å²) in [4.78, 5) is 24.7. The van der Waals surface area contributed by atoms with Crippen LogP contribution in [0.25, 0.3) is 10.8 Å². The molecule has 9 nitrogen and oxygen atoms in total. The SMILES string of the molecule is COc1ccccc1NS(=O)(=O)c1ccc(C)c(NC(=O)Cc2n[nH]c(=O)c3ccccc23)c1. The standard InChI is InChI=1S/C24H22N4O5S/c1-15-11-12-16(34(31,32)28-19-9-5-6-10-22(19)33-2)13-20(15)25-23(29)14-21-17-7-3-4-8-18(17)24(30)27-26-21/h3-13,28H,14H2,1-2H3,(H,25,29)(H,27,30). The van der Waals surface area contributed by atoms with Crippen molar-refractivity contribution < 1.29 is 17.9 Å². The highest BCUT2D eigenvalue weighted by Crippen LogP contribution is 2.28. The Bertz CT molecular complexity index is 1550. The highest BCUT2D eigenvalue weighted by Gasteiger charge is 2.19. The lowest BCUT2D eigenvalue weighted by Crippen LogP contribution is -2.19. The van der Waals surface area contributed by atoms with Crippen LogP contribution in [0.2, 0.25) is 0 Å². The molecule has 0 unspecified atom stereocenters. The number of methoxy groups -OCH3 is 1. The van der Waals surface area contributed by atoms with Crippen LogP contribution in [0, 0.1) is 6.92 Å². The van der Waals surface area contributed by atoms with E-state index in [-0.39, 0.29) is 16.9 Å². The van der Waals surface area contributed by atoms with Crippen molar-refractivity contribution in [2.45, 2.75) is 18.2 Å². The topological polar surface area (TPSA) is 130 Å². The zero-order valence-corrected chi connectivity index (χ0v) is 19.3. The smallest absolute Gasteiger partial charge is 0.272 e. The van der Waals surface area contributed by atoms with Gasteiger partial charge in [0, 0.05) is 11.1 Å². The fraction of sp³-hybridized carbons (Fsp3) is 0.125. The minimum absolute atomic E-state index is 0.0214. The molecule has 1 amide bonds. The summed E-state index contributed by atoms with van der Waals surface area (Å²) in [7, 11) is -2.50. The molecule has 0 atom stereocenters. The predicted octanol–water partition coefficient (Wildman–Crippen LogP) is 3.22. The number of ether oxygens (including phenoxy) is 1. The first-order chi connectivity index (χ1) is 16.3. The molecular formula is C24H22N4O5S. The lowest BCUT2D eigenvalue weighted by molar-refractivity contribution is -0.115. The van der Waals surface area contributed by atoms with Crippen LogP contribution in [0.4, 0.5) is 11.4 Å². The van der Waals surface area contributed by atoms with Crippen LogP contribution in [0.3, 0.4) is 0 Å². The number of hydrogen-bond donors (Lipinski definition) is 3. The fourth-order valence-electron chi connectivity index (χ4n) is 3.49. The number of aryl methyl sites for hydroxylation is 1. The van der Waals surface area contributed by atoms with Crippen molar-refractivity contribution in [2.24, 2.45) is 0 Å². The van der Waals surface area contributed by atoms with E-state index < -0.39 is 15.9 Å². The maximum Gasteiger partial charge on any atom is 0.272 e. The van der Waals surface area contributed by atoms with E-state index in [4.69, 9.17) is 4.74 Å². The molecule has 0 radical (unpaired) electrons. The van der Waals surface area contributed by atoms with Gasteiger partial charge in [0.2, 0.25) is 5.91 Å². The number of carbonyl (C=O) groups excluding carboxylic acids is 1. The Hall–Kier alpha value is -4.18. The summed E-state index contributed by atoms with van der Waals surface area (Å²) >= 11 is 0. The quantitative estimate of drug-likeness (QED) is 0.374. The second-order valence-electron chi connectivity index (χ2n) is 7.55. The average Bonchev–Trinajstić information content (AvgIpc) is 2.82. The van der Waals surface area contributed by atoms with Gasteiger partial charge in [0.15, 0.2) is 0 Å². The van der Waals surface area contributed by atoms with Gasteiger partial charge in [-0.05, 0) is 42.8 Å². The molecule has 1 aromatic heterocycles. The molecule has 0 aliphatic carbocycles. The van der Waals surface area contributed by atoms with Crippen LogP contribution in [0.5, 0.6) is 5.75 Å². The number of anilines is 2. The van der Waals surface area contributed by atoms with Gasteiger partial charge >= 0.3 is 0 Å². The van der Waals surface area contributed by atoms with Gasteiger partial charge in [-0.2, -0.15) is 5.10 Å². The summed E-state index contributed by atoms with van der Waals surface area (Å²) in [5.74, 6) is -0.0209. The number of carbonyl (C=O) groups is 1. The van der Waals surface area contributed by atoms with Crippen LogP contribution in [-0.4, -0.2) is 31.6 Å². The van der Waals surface area contributed by atoms with E-state index in [1.165, 1.54) is 19.2 Å². The molecule has 174 valence electrons. The van der Waals surface area contributed by atoms with Crippen molar-refractivity contribution >= 4 is 38.1 Å². The number of sulfonamides is 1. The van der Waals surface area contributed by atoms with Gasteiger partial charge in [0.05, 0.1) is 35.2 Å². The number of nitrogens with zero attached hydrogens (tertiary/aromatic N) is 1. The summed E-state index contributed by atoms with van der Waals surface area (Å²) in [6.45, 7) is 1.76. The Morgan fingerprint density at radius 1 is 1.00 bits per heavy atom. The van der Waals surface area contributed by atoms with Gasteiger partial charge in [-0.1, -0.05) is 36.4 Å². The maximum atomic E-state index is 13.0. The number of nitrogens with one attached hydrogen (secondary N) is 3. The minimum Gasteiger partial charge on any atom is -0.495 e. The first-order valence-electron chi connectivity index (χ1n) is 10.3. The molecule has 4 rings (SSSR count). The summed E-state index contributed by atoms with van der Waals surface area (Å²) < 4.78 is 33.6. The lowest BCUT2D eigenvalue weighted by Gasteiger charge is -2.14. The molecule has 1 heterocycles. The molecule has 0 aliphatic heterocycles. The van der Waals surface area contributed by atoms with Crippen molar-refractivity contribution in [3.63, 3.8) is 0 Å². The van der Waals surface area contributed by atoms with Gasteiger partial charge < -0.3 is 10.1 Å². The Kier molecular flexibility index (Phi) is 6.33. The maximum absolute atomic E-state index is 13.0. The summed E-state index contributed by atoms with van der Waals surface area (Å²) in [6.07, 6.45) is -0.104. The molecule has 0 spiro atoms. The monoisotopic (exact) mass is 478 g/mol. The van der Waals surface area contributed by atoms with Crippen LogP contribution >= 0.6 is 0 Å². The first kappa shape index (κ1) is 23.0. The third-order valence-corrected chi connectivity index (χ3v) is 6.61. The van der Waals surface area contributed by atoms with Crippen molar-refractivity contribution in [1.29, 1.82) is 0 Å². The Balaban J connectivity index is 1.57. The van der Waals surface area contributed by atoms with Gasteiger partial charge in [0.1, 0.15) is 5.75 Å². The second-order valence-corrected chi connectivity index (χ2v) is 9.23. The number of benzene rings is 3. The molecule has 0 saturated heterocycles. The molecule has 10 heteroatoms. The Morgan fingerprint density at radius 2 is 1.71 bits per heavy atom. The molecule has 0 bridgehead atoms. The van der Waals surface area contributed by atoms with Crippen molar-refractivity contribution in [3.05, 3.63) is 88.3 Å². The third-order valence-electron chi connectivity index (χ3n) is 5.25. The van der Waals surface area contributed by atoms with Crippen LogP contribution in [0.15, 0.2) is 76.4 Å². The molecule has 0 fully saturated rings. The normalized spacial score (nSPS) is 11.2. The number of aromatic amines is 1. The molecule has 0 saturated carbocycles. The minimum atomic E-state index is -3.95. The van der Waals surface area contributed by atoms with Gasteiger partial charge in [-0.15, -0.1) is 0 Å². The lowest BCUT2D eigenvalue weighted by atomic mass is 10.1. The Labute approximate surface area is 195 Å². The highest BCUT2D eigenvalue weighted by atomic mass is 32.2. The van der Waals surface area contributed by atoms with E-state index in [2.05, 4.69) is 20.2 Å². The molecule has 3 N–H and O–H groups in total. The molecule has 3 aromatic carbocycles. The van der Waals surface area contributed by atoms with Crippen LogP contribution < -0.4 is 20.3 Å². The second kappa shape index (κ2) is 9.36. The molecule has 34 heavy (non-hydrogen) atoms. The largest absolute Gasteiger partial charge is 0.495 e. The first-order valence-corrected chi connectivity index (χ1v) is 11.8. The van der Waals surface area contributed by atoms with E-state index in [1.54, 1.807) is 61.5 Å². The van der Waals surface area contributed by atoms with E-state index in [0.29, 0.717) is 39.2 Å². The summed E-state index contributed by atoms with van der Waals surface area (Å²) in [6, 6.07) is 18.0. The third kappa shape index (κ3) is 4.76. The summed E-state index contributed by atoms with van der Waals surface area (Å²) in [5, 5.41) is 10.2. The van der Waals surface area contributed by atoms with Crippen LogP contribution in [0.1, 0.15) is 11.3 Å². The predicted molar refractivity (Wildman–Crippen MR) is 130 cm³/mol. The zero-order valence-electron chi connectivity index (χ0n) is 18.5. The van der Waals surface area contributed by atoms with Crippen molar-refractivity contribution in [2.75, 3.05) is 17.1 Å². The number of aromatic nitrogens is 2. The number of H-pyrrole nitrogens is 1. The Morgan fingerprint density at radius 3 is 2.47 bits per heavy atom. The van der Waals surface area contributed by atoms with Gasteiger partial charge in [0.25, 0.3) is 15.6 Å². The van der Waals surface area contributed by atoms with Crippen molar-refractivity contribution in [1.82, 2.24) is 10.2 Å². The van der Waals surface area contributed by atoms with Crippen molar-refractivity contribution in [3.8, 4) is 5.75 Å². The van der Waals surface area contributed by atoms with Gasteiger partial charge in [-0.25, -0.2) is 13.5 Å². The average molecular weight is 479 g/mol.